The Hall–Kier alpha value is -2.25. The van der Waals surface area contributed by atoms with Gasteiger partial charge in [0, 0.05) is 0 Å². The number of halogens is 3. The predicted molar refractivity (Wildman–Crippen MR) is 101 cm³/mol. The van der Waals surface area contributed by atoms with E-state index in [1.807, 2.05) is 0 Å². The van der Waals surface area contributed by atoms with Gasteiger partial charge in [0.25, 0.3) is 0 Å². The molecule has 2 saturated heterocycles. The summed E-state index contributed by atoms with van der Waals surface area (Å²) in [5, 5.41) is 0. The monoisotopic (exact) mass is 408 g/mol. The minimum absolute atomic E-state index is 0.0900. The third kappa shape index (κ3) is 5.03. The standard InChI is InChI=1S/C22H23F3O4/c1-13-7-15(3-5-19(13)28-11-17-9-26-17)21(22(23,24)25)16-4-6-20(14(2)8-16)29-12-18-10-27-18/h3-8,17-18,21H,9-12H2,1-2H3. The van der Waals surface area contributed by atoms with Gasteiger partial charge in [-0.05, 0) is 48.2 Å². The Labute approximate surface area is 167 Å². The fourth-order valence-corrected chi connectivity index (χ4v) is 3.29. The van der Waals surface area contributed by atoms with E-state index in [4.69, 9.17) is 18.9 Å². The van der Waals surface area contributed by atoms with Gasteiger partial charge in [0.2, 0.25) is 0 Å². The number of alkyl halides is 3. The molecule has 4 rings (SSSR count). The molecule has 0 aromatic heterocycles. The van der Waals surface area contributed by atoms with Crippen molar-refractivity contribution in [1.82, 2.24) is 0 Å². The maximum atomic E-state index is 14.0. The van der Waals surface area contributed by atoms with Crippen LogP contribution in [-0.2, 0) is 9.47 Å². The van der Waals surface area contributed by atoms with E-state index >= 15 is 0 Å². The number of benzene rings is 2. The molecule has 0 saturated carbocycles. The molecule has 2 fully saturated rings. The molecule has 29 heavy (non-hydrogen) atoms. The zero-order chi connectivity index (χ0) is 20.6. The lowest BCUT2D eigenvalue weighted by Gasteiger charge is -2.23. The van der Waals surface area contributed by atoms with Crippen molar-refractivity contribution in [1.29, 1.82) is 0 Å². The molecule has 0 bridgehead atoms. The van der Waals surface area contributed by atoms with Crippen molar-refractivity contribution in [2.24, 2.45) is 0 Å². The van der Waals surface area contributed by atoms with E-state index in [9.17, 15) is 13.2 Å². The molecule has 4 nitrogen and oxygen atoms in total. The minimum atomic E-state index is -4.42. The molecule has 0 N–H and O–H groups in total. The molecule has 2 aromatic rings. The van der Waals surface area contributed by atoms with Crippen LogP contribution in [0.15, 0.2) is 36.4 Å². The van der Waals surface area contributed by atoms with Crippen molar-refractivity contribution in [2.75, 3.05) is 26.4 Å². The molecule has 2 aliphatic heterocycles. The van der Waals surface area contributed by atoms with E-state index in [2.05, 4.69) is 0 Å². The van der Waals surface area contributed by atoms with Gasteiger partial charge in [0.1, 0.15) is 42.8 Å². The van der Waals surface area contributed by atoms with Gasteiger partial charge in [-0.3, -0.25) is 0 Å². The van der Waals surface area contributed by atoms with Gasteiger partial charge in [-0.2, -0.15) is 13.2 Å². The second-order valence-electron chi connectivity index (χ2n) is 7.56. The fraction of sp³-hybridized carbons (Fsp3) is 0.455. The molecule has 7 heteroatoms. The molecular formula is C22H23F3O4. The first-order valence-electron chi connectivity index (χ1n) is 9.58. The average Bonchev–Trinajstić information content (AvgIpc) is 3.54. The quantitative estimate of drug-likeness (QED) is 0.601. The van der Waals surface area contributed by atoms with Gasteiger partial charge in [-0.1, -0.05) is 24.3 Å². The topological polar surface area (TPSA) is 43.5 Å². The molecule has 2 unspecified atom stereocenters. The second-order valence-corrected chi connectivity index (χ2v) is 7.56. The van der Waals surface area contributed by atoms with Crippen LogP contribution in [-0.4, -0.2) is 44.8 Å². The van der Waals surface area contributed by atoms with E-state index in [1.165, 1.54) is 12.1 Å². The van der Waals surface area contributed by atoms with Gasteiger partial charge >= 0.3 is 6.18 Å². The number of hydrogen-bond donors (Lipinski definition) is 0. The number of epoxide rings is 2. The lowest BCUT2D eigenvalue weighted by atomic mass is 9.88. The molecular weight excluding hydrogens is 385 g/mol. The smallest absolute Gasteiger partial charge is 0.399 e. The molecule has 2 aliphatic rings. The molecule has 0 spiro atoms. The first-order chi connectivity index (χ1) is 13.8. The summed E-state index contributed by atoms with van der Waals surface area (Å²) >= 11 is 0. The number of ether oxygens (including phenoxy) is 4. The van der Waals surface area contributed by atoms with Gasteiger partial charge in [0.15, 0.2) is 0 Å². The van der Waals surface area contributed by atoms with Crippen LogP contribution < -0.4 is 9.47 Å². The first-order valence-corrected chi connectivity index (χ1v) is 9.58. The highest BCUT2D eigenvalue weighted by atomic mass is 19.4. The summed E-state index contributed by atoms with van der Waals surface area (Å²) in [6.07, 6.45) is -4.24. The molecule has 0 radical (unpaired) electrons. The van der Waals surface area contributed by atoms with Crippen molar-refractivity contribution >= 4 is 0 Å². The SMILES string of the molecule is Cc1cc(C(c2ccc(OCC3CO3)c(C)c2)C(F)(F)F)ccc1OCC1CO1. The van der Waals surface area contributed by atoms with Gasteiger partial charge in [-0.25, -0.2) is 0 Å². The molecule has 2 atom stereocenters. The van der Waals surface area contributed by atoms with E-state index in [0.717, 1.165) is 0 Å². The van der Waals surface area contributed by atoms with Crippen LogP contribution in [0.25, 0.3) is 0 Å². The second kappa shape index (κ2) is 7.88. The first kappa shape index (κ1) is 20.0. The summed E-state index contributed by atoms with van der Waals surface area (Å²) in [5.41, 5.74) is 1.70. The van der Waals surface area contributed by atoms with Crippen LogP contribution in [0.3, 0.4) is 0 Å². The largest absolute Gasteiger partial charge is 0.491 e. The predicted octanol–water partition coefficient (Wildman–Crippen LogP) is 4.55. The van der Waals surface area contributed by atoms with Crippen molar-refractivity contribution in [3.63, 3.8) is 0 Å². The maximum Gasteiger partial charge on any atom is 0.399 e. The summed E-state index contributed by atoms with van der Waals surface area (Å²) in [5.74, 6) is -0.568. The van der Waals surface area contributed by atoms with Gasteiger partial charge in [-0.15, -0.1) is 0 Å². The maximum absolute atomic E-state index is 14.0. The molecule has 0 amide bonds. The molecule has 2 heterocycles. The van der Waals surface area contributed by atoms with Crippen LogP contribution in [0.5, 0.6) is 11.5 Å². The minimum Gasteiger partial charge on any atom is -0.491 e. The normalized spacial score (nSPS) is 21.6. The summed E-state index contributed by atoms with van der Waals surface area (Å²) in [7, 11) is 0. The lowest BCUT2D eigenvalue weighted by Crippen LogP contribution is -2.22. The number of hydrogen-bond acceptors (Lipinski definition) is 4. The van der Waals surface area contributed by atoms with Crippen LogP contribution in [0.2, 0.25) is 0 Å². The Balaban J connectivity index is 1.57. The average molecular weight is 408 g/mol. The highest BCUT2D eigenvalue weighted by molar-refractivity contribution is 5.45. The lowest BCUT2D eigenvalue weighted by molar-refractivity contribution is -0.141. The van der Waals surface area contributed by atoms with Crippen molar-refractivity contribution in [3.05, 3.63) is 58.7 Å². The Morgan fingerprint density at radius 1 is 0.862 bits per heavy atom. The van der Waals surface area contributed by atoms with Gasteiger partial charge in [0.05, 0.1) is 13.2 Å². The third-order valence-electron chi connectivity index (χ3n) is 5.05. The Morgan fingerprint density at radius 3 is 1.59 bits per heavy atom. The number of aryl methyl sites for hydroxylation is 2. The number of rotatable bonds is 8. The van der Waals surface area contributed by atoms with Crippen LogP contribution in [0.4, 0.5) is 13.2 Å². The summed E-state index contributed by atoms with van der Waals surface area (Å²) in [6, 6.07) is 9.27. The molecule has 2 aromatic carbocycles. The molecule has 0 aliphatic carbocycles. The third-order valence-corrected chi connectivity index (χ3v) is 5.05. The Morgan fingerprint density at radius 2 is 1.28 bits per heavy atom. The van der Waals surface area contributed by atoms with Crippen LogP contribution in [0.1, 0.15) is 28.2 Å². The zero-order valence-corrected chi connectivity index (χ0v) is 16.3. The van der Waals surface area contributed by atoms with E-state index in [-0.39, 0.29) is 23.3 Å². The summed E-state index contributed by atoms with van der Waals surface area (Å²) in [6.45, 7) is 5.66. The van der Waals surface area contributed by atoms with Crippen molar-refractivity contribution in [3.8, 4) is 11.5 Å². The van der Waals surface area contributed by atoms with Crippen molar-refractivity contribution in [2.45, 2.75) is 38.1 Å². The Kier molecular flexibility index (Phi) is 5.44. The van der Waals surface area contributed by atoms with E-state index < -0.39 is 12.1 Å². The van der Waals surface area contributed by atoms with Crippen molar-refractivity contribution < 1.29 is 32.1 Å². The van der Waals surface area contributed by atoms with Gasteiger partial charge < -0.3 is 18.9 Å². The van der Waals surface area contributed by atoms with Crippen LogP contribution in [0, 0.1) is 13.8 Å². The van der Waals surface area contributed by atoms with Crippen LogP contribution >= 0.6 is 0 Å². The summed E-state index contributed by atoms with van der Waals surface area (Å²) < 4.78 is 63.4. The molecule has 156 valence electrons. The summed E-state index contributed by atoms with van der Waals surface area (Å²) in [4.78, 5) is 0. The Bertz CT molecular complexity index is 807. The highest BCUT2D eigenvalue weighted by Crippen LogP contribution is 2.42. The zero-order valence-electron chi connectivity index (χ0n) is 16.3. The van der Waals surface area contributed by atoms with E-state index in [1.54, 1.807) is 38.1 Å². The highest BCUT2D eigenvalue weighted by Gasteiger charge is 2.42. The van der Waals surface area contributed by atoms with E-state index in [0.29, 0.717) is 49.1 Å². The fourth-order valence-electron chi connectivity index (χ4n) is 3.29.